The summed E-state index contributed by atoms with van der Waals surface area (Å²) < 4.78 is 6.53. The zero-order chi connectivity index (χ0) is 9.68. The van der Waals surface area contributed by atoms with Gasteiger partial charge in [0, 0.05) is 24.5 Å². The lowest BCUT2D eigenvalue weighted by atomic mass is 10.4. The molecule has 0 aliphatic rings. The van der Waals surface area contributed by atoms with Crippen molar-refractivity contribution in [3.05, 3.63) is 30.1 Å². The molecule has 1 heterocycles. The molecule has 70 valence electrons. The van der Waals surface area contributed by atoms with E-state index in [0.717, 1.165) is 12.2 Å². The largest absolute Gasteiger partial charge is 0.466 e. The monoisotopic (exact) mass is 179 g/mol. The van der Waals surface area contributed by atoms with Crippen molar-refractivity contribution in [3.63, 3.8) is 0 Å². The molecular weight excluding hydrogens is 166 g/mol. The molecule has 0 aromatic carbocycles. The van der Waals surface area contributed by atoms with Crippen LogP contribution in [-0.2, 0) is 16.1 Å². The summed E-state index contributed by atoms with van der Waals surface area (Å²) in [4.78, 5) is 10.8. The lowest BCUT2D eigenvalue weighted by molar-refractivity contribution is -0.134. The molecule has 0 aliphatic heterocycles. The van der Waals surface area contributed by atoms with Gasteiger partial charge in [0.25, 0.3) is 0 Å². The number of carbonyl (C=O) groups excluding carboxylic acids is 1. The average Bonchev–Trinajstić information content (AvgIpc) is 2.61. The molecule has 1 aromatic heterocycles. The second-order valence-corrected chi connectivity index (χ2v) is 2.58. The second-order valence-electron chi connectivity index (χ2n) is 2.58. The highest BCUT2D eigenvalue weighted by Crippen LogP contribution is 2.04. The minimum atomic E-state index is -0.330. The smallest absolute Gasteiger partial charge is 0.330 e. The van der Waals surface area contributed by atoms with E-state index in [4.69, 9.17) is 0 Å². The highest BCUT2D eigenvalue weighted by molar-refractivity contribution is 5.86. The van der Waals surface area contributed by atoms with Gasteiger partial charge in [-0.25, -0.2) is 4.79 Å². The number of methoxy groups -OCH3 is 1. The third-order valence-corrected chi connectivity index (χ3v) is 1.80. The fraction of sp³-hybridized carbons (Fsp3) is 0.300. The molecule has 0 unspecified atom stereocenters. The molecule has 3 nitrogen and oxygen atoms in total. The van der Waals surface area contributed by atoms with Gasteiger partial charge in [-0.15, -0.1) is 0 Å². The van der Waals surface area contributed by atoms with E-state index < -0.39 is 0 Å². The SMILES string of the molecule is CCn1cccc1/C=C/C(=O)OC. The Balaban J connectivity index is 2.73. The Morgan fingerprint density at radius 2 is 2.46 bits per heavy atom. The number of ether oxygens (including phenoxy) is 1. The first-order chi connectivity index (χ1) is 6.27. The van der Waals surface area contributed by atoms with Crippen LogP contribution in [0.1, 0.15) is 12.6 Å². The van der Waals surface area contributed by atoms with Gasteiger partial charge in [-0.3, -0.25) is 0 Å². The third-order valence-electron chi connectivity index (χ3n) is 1.80. The van der Waals surface area contributed by atoms with Crippen molar-refractivity contribution in [1.29, 1.82) is 0 Å². The van der Waals surface area contributed by atoms with Crippen LogP contribution in [0.15, 0.2) is 24.4 Å². The second kappa shape index (κ2) is 4.50. The summed E-state index contributed by atoms with van der Waals surface area (Å²) >= 11 is 0. The zero-order valence-electron chi connectivity index (χ0n) is 7.86. The molecule has 0 bridgehead atoms. The predicted octanol–water partition coefficient (Wildman–Crippen LogP) is 1.69. The maximum atomic E-state index is 10.8. The molecule has 0 fully saturated rings. The molecule has 0 radical (unpaired) electrons. The summed E-state index contributed by atoms with van der Waals surface area (Å²) in [5.74, 6) is -0.330. The van der Waals surface area contributed by atoms with Gasteiger partial charge in [0.1, 0.15) is 0 Å². The van der Waals surface area contributed by atoms with Gasteiger partial charge < -0.3 is 9.30 Å². The van der Waals surface area contributed by atoms with Gasteiger partial charge in [0.15, 0.2) is 0 Å². The summed E-state index contributed by atoms with van der Waals surface area (Å²) in [6.07, 6.45) is 5.13. The van der Waals surface area contributed by atoms with Crippen molar-refractivity contribution in [2.45, 2.75) is 13.5 Å². The first-order valence-corrected chi connectivity index (χ1v) is 4.19. The molecule has 0 amide bonds. The van der Waals surface area contributed by atoms with E-state index in [9.17, 15) is 4.79 Å². The topological polar surface area (TPSA) is 31.2 Å². The quantitative estimate of drug-likeness (QED) is 0.522. The summed E-state index contributed by atoms with van der Waals surface area (Å²) in [6.45, 7) is 2.95. The van der Waals surface area contributed by atoms with Gasteiger partial charge >= 0.3 is 5.97 Å². The summed E-state index contributed by atoms with van der Waals surface area (Å²) in [5, 5.41) is 0. The minimum absolute atomic E-state index is 0.330. The van der Waals surface area contributed by atoms with Crippen LogP contribution >= 0.6 is 0 Å². The van der Waals surface area contributed by atoms with Crippen LogP contribution in [0.2, 0.25) is 0 Å². The maximum Gasteiger partial charge on any atom is 0.330 e. The van der Waals surface area contributed by atoms with Crippen LogP contribution in [0.5, 0.6) is 0 Å². The molecule has 0 N–H and O–H groups in total. The first kappa shape index (κ1) is 9.58. The number of aryl methyl sites for hydroxylation is 1. The van der Waals surface area contributed by atoms with E-state index in [1.807, 2.05) is 22.9 Å². The molecule has 0 saturated carbocycles. The number of aromatic nitrogens is 1. The maximum absolute atomic E-state index is 10.8. The number of esters is 1. The van der Waals surface area contributed by atoms with Crippen LogP contribution in [-0.4, -0.2) is 17.6 Å². The van der Waals surface area contributed by atoms with Gasteiger partial charge in [0.2, 0.25) is 0 Å². The molecule has 0 saturated heterocycles. The lowest BCUT2D eigenvalue weighted by Gasteiger charge is -1.99. The van der Waals surface area contributed by atoms with E-state index in [0.29, 0.717) is 0 Å². The van der Waals surface area contributed by atoms with E-state index in [2.05, 4.69) is 11.7 Å². The minimum Gasteiger partial charge on any atom is -0.466 e. The molecular formula is C10H13NO2. The van der Waals surface area contributed by atoms with Gasteiger partial charge in [-0.2, -0.15) is 0 Å². The number of rotatable bonds is 3. The summed E-state index contributed by atoms with van der Waals surface area (Å²) in [7, 11) is 1.37. The van der Waals surface area contributed by atoms with E-state index in [-0.39, 0.29) is 5.97 Å². The van der Waals surface area contributed by atoms with E-state index in [1.54, 1.807) is 6.08 Å². The van der Waals surface area contributed by atoms with Gasteiger partial charge in [-0.05, 0) is 25.1 Å². The van der Waals surface area contributed by atoms with Crippen molar-refractivity contribution in [2.75, 3.05) is 7.11 Å². The molecule has 0 aliphatic carbocycles. The molecule has 1 rings (SSSR count). The van der Waals surface area contributed by atoms with Crippen LogP contribution < -0.4 is 0 Å². The number of carbonyl (C=O) groups is 1. The number of hydrogen-bond donors (Lipinski definition) is 0. The average molecular weight is 179 g/mol. The fourth-order valence-electron chi connectivity index (χ4n) is 1.09. The Bertz CT molecular complexity index is 312. The normalized spacial score (nSPS) is 10.6. The molecule has 0 spiro atoms. The number of nitrogens with zero attached hydrogens (tertiary/aromatic N) is 1. The van der Waals surface area contributed by atoms with Crippen molar-refractivity contribution in [2.24, 2.45) is 0 Å². The third kappa shape index (κ3) is 2.47. The summed E-state index contributed by atoms with van der Waals surface area (Å²) in [6, 6.07) is 3.89. The fourth-order valence-corrected chi connectivity index (χ4v) is 1.09. The Morgan fingerprint density at radius 1 is 1.69 bits per heavy atom. The molecule has 13 heavy (non-hydrogen) atoms. The van der Waals surface area contributed by atoms with Crippen molar-refractivity contribution in [1.82, 2.24) is 4.57 Å². The standard InChI is InChI=1S/C10H13NO2/c1-3-11-8-4-5-9(11)6-7-10(12)13-2/h4-8H,3H2,1-2H3/b7-6+. The van der Waals surface area contributed by atoms with Crippen molar-refractivity contribution < 1.29 is 9.53 Å². The lowest BCUT2D eigenvalue weighted by Crippen LogP contribution is -1.96. The molecule has 1 aromatic rings. The Kier molecular flexibility index (Phi) is 3.31. The van der Waals surface area contributed by atoms with E-state index >= 15 is 0 Å². The first-order valence-electron chi connectivity index (χ1n) is 4.19. The number of hydrogen-bond acceptors (Lipinski definition) is 2. The molecule has 0 atom stereocenters. The Morgan fingerprint density at radius 3 is 3.08 bits per heavy atom. The van der Waals surface area contributed by atoms with E-state index in [1.165, 1.54) is 13.2 Å². The van der Waals surface area contributed by atoms with Crippen LogP contribution in [0, 0.1) is 0 Å². The Labute approximate surface area is 77.6 Å². The Hall–Kier alpha value is -1.51. The summed E-state index contributed by atoms with van der Waals surface area (Å²) in [5.41, 5.74) is 1.01. The highest BCUT2D eigenvalue weighted by Gasteiger charge is 1.95. The van der Waals surface area contributed by atoms with Crippen molar-refractivity contribution in [3.8, 4) is 0 Å². The van der Waals surface area contributed by atoms with Crippen LogP contribution in [0.4, 0.5) is 0 Å². The van der Waals surface area contributed by atoms with Crippen LogP contribution in [0.3, 0.4) is 0 Å². The predicted molar refractivity (Wildman–Crippen MR) is 51.2 cm³/mol. The van der Waals surface area contributed by atoms with Crippen LogP contribution in [0.25, 0.3) is 6.08 Å². The zero-order valence-corrected chi connectivity index (χ0v) is 7.86. The van der Waals surface area contributed by atoms with Crippen molar-refractivity contribution >= 4 is 12.0 Å². The highest BCUT2D eigenvalue weighted by atomic mass is 16.5. The molecule has 3 heteroatoms. The van der Waals surface area contributed by atoms with Gasteiger partial charge in [-0.1, -0.05) is 0 Å². The van der Waals surface area contributed by atoms with Gasteiger partial charge in [0.05, 0.1) is 7.11 Å².